The van der Waals surface area contributed by atoms with E-state index in [0.717, 1.165) is 37.1 Å². The van der Waals surface area contributed by atoms with Gasteiger partial charge in [0.15, 0.2) is 0 Å². The van der Waals surface area contributed by atoms with Gasteiger partial charge in [-0.3, -0.25) is 4.90 Å². The Hall–Kier alpha value is -1.92. The third-order valence-corrected chi connectivity index (χ3v) is 6.61. The van der Waals surface area contributed by atoms with Crippen LogP contribution in [0.25, 0.3) is 0 Å². The lowest BCUT2D eigenvalue weighted by atomic mass is 9.88. The van der Waals surface area contributed by atoms with Gasteiger partial charge in [0.1, 0.15) is 5.82 Å². The minimum Gasteiger partial charge on any atom is -0.303 e. The van der Waals surface area contributed by atoms with E-state index in [0.29, 0.717) is 25.6 Å². The van der Waals surface area contributed by atoms with E-state index in [4.69, 9.17) is 0 Å². The van der Waals surface area contributed by atoms with Crippen molar-refractivity contribution in [3.8, 4) is 0 Å². The lowest BCUT2D eigenvalue weighted by Crippen LogP contribution is -2.41. The maximum atomic E-state index is 13.7. The van der Waals surface area contributed by atoms with Gasteiger partial charge in [0.2, 0.25) is 0 Å². The molecule has 2 saturated heterocycles. The van der Waals surface area contributed by atoms with Crippen molar-refractivity contribution >= 4 is 0 Å². The molecule has 0 bridgehead atoms. The summed E-state index contributed by atoms with van der Waals surface area (Å²) in [4.78, 5) is 4.14. The Balaban J connectivity index is 1.34. The highest BCUT2D eigenvalue weighted by Gasteiger charge is 2.49. The second kappa shape index (κ2) is 9.06. The molecule has 4 rings (SSSR count). The van der Waals surface area contributed by atoms with Crippen molar-refractivity contribution in [1.82, 2.24) is 9.80 Å². The predicted octanol–water partition coefficient (Wildman–Crippen LogP) is 5.32. The molecule has 2 aromatic carbocycles. The Morgan fingerprint density at radius 2 is 1.50 bits per heavy atom. The van der Waals surface area contributed by atoms with E-state index in [9.17, 15) is 17.6 Å². The first-order chi connectivity index (χ1) is 14.4. The van der Waals surface area contributed by atoms with Crippen molar-refractivity contribution in [2.75, 3.05) is 32.7 Å². The van der Waals surface area contributed by atoms with E-state index in [1.165, 1.54) is 12.1 Å². The molecule has 0 spiro atoms. The Morgan fingerprint density at radius 3 is 2.13 bits per heavy atom. The van der Waals surface area contributed by atoms with Crippen LogP contribution in [0.1, 0.15) is 29.9 Å². The number of hydrogen-bond acceptors (Lipinski definition) is 2. The summed E-state index contributed by atoms with van der Waals surface area (Å²) in [6, 6.07) is 16.3. The zero-order chi connectivity index (χ0) is 21.1. The number of alkyl halides is 3. The fraction of sp³-hybridized carbons (Fsp3) is 0.500. The van der Waals surface area contributed by atoms with Gasteiger partial charge in [-0.2, -0.15) is 13.2 Å². The summed E-state index contributed by atoms with van der Waals surface area (Å²) in [5.74, 6) is -1.54. The zero-order valence-electron chi connectivity index (χ0n) is 17.0. The Bertz CT molecular complexity index is 798. The van der Waals surface area contributed by atoms with Crippen LogP contribution < -0.4 is 0 Å². The molecule has 0 aliphatic carbocycles. The maximum absolute atomic E-state index is 13.7. The highest BCUT2D eigenvalue weighted by molar-refractivity contribution is 5.21. The number of hydrogen-bond donors (Lipinski definition) is 0. The number of piperidine rings is 1. The fourth-order valence-corrected chi connectivity index (χ4v) is 5.00. The largest absolute Gasteiger partial charge is 0.393 e. The molecule has 0 saturated carbocycles. The topological polar surface area (TPSA) is 6.48 Å². The quantitative estimate of drug-likeness (QED) is 0.605. The third-order valence-electron chi connectivity index (χ3n) is 6.61. The molecule has 2 aliphatic heterocycles. The molecule has 2 aliphatic rings. The molecule has 0 radical (unpaired) electrons. The first kappa shape index (κ1) is 21.3. The van der Waals surface area contributed by atoms with Crippen LogP contribution in [0.15, 0.2) is 54.6 Å². The van der Waals surface area contributed by atoms with E-state index in [2.05, 4.69) is 4.90 Å². The van der Waals surface area contributed by atoms with E-state index < -0.39 is 18.0 Å². The number of benzene rings is 2. The average molecular weight is 420 g/mol. The number of likely N-dealkylation sites (tertiary alicyclic amines) is 2. The standard InChI is InChI=1S/C24H28F4N2/c25-22-8-6-19(7-9-22)20-10-12-29(13-11-20)15-21-16-30(17-23(21)24(26,27)28)14-18-4-2-1-3-5-18/h1-9,20-21,23H,10-17H2. The van der Waals surface area contributed by atoms with Gasteiger partial charge >= 0.3 is 6.18 Å². The molecular formula is C24H28F4N2. The molecular weight excluding hydrogens is 392 g/mol. The normalized spacial score (nSPS) is 24.4. The molecule has 6 heteroatoms. The zero-order valence-corrected chi connectivity index (χ0v) is 17.0. The van der Waals surface area contributed by atoms with E-state index in [-0.39, 0.29) is 12.4 Å². The van der Waals surface area contributed by atoms with E-state index >= 15 is 0 Å². The van der Waals surface area contributed by atoms with Crippen molar-refractivity contribution in [3.05, 3.63) is 71.5 Å². The van der Waals surface area contributed by atoms with Crippen LogP contribution in [-0.2, 0) is 6.54 Å². The molecule has 0 aromatic heterocycles. The number of rotatable bonds is 5. The van der Waals surface area contributed by atoms with Crippen LogP contribution >= 0.6 is 0 Å². The summed E-state index contributed by atoms with van der Waals surface area (Å²) >= 11 is 0. The van der Waals surface area contributed by atoms with Crippen molar-refractivity contribution in [1.29, 1.82) is 0 Å². The highest BCUT2D eigenvalue weighted by Crippen LogP contribution is 2.39. The Morgan fingerprint density at radius 1 is 0.833 bits per heavy atom. The number of nitrogens with zero attached hydrogens (tertiary/aromatic N) is 2. The first-order valence-corrected chi connectivity index (χ1v) is 10.7. The number of halogens is 4. The lowest BCUT2D eigenvalue weighted by molar-refractivity contribution is -0.181. The van der Waals surface area contributed by atoms with Gasteiger partial charge in [0.25, 0.3) is 0 Å². The summed E-state index contributed by atoms with van der Waals surface area (Å²) in [6.45, 7) is 3.21. The first-order valence-electron chi connectivity index (χ1n) is 10.7. The van der Waals surface area contributed by atoms with Gasteiger partial charge in [-0.05, 0) is 61.0 Å². The van der Waals surface area contributed by atoms with Gasteiger partial charge in [-0.25, -0.2) is 4.39 Å². The molecule has 2 fully saturated rings. The molecule has 2 heterocycles. The second-order valence-electron chi connectivity index (χ2n) is 8.71. The molecule has 0 amide bonds. The summed E-state index contributed by atoms with van der Waals surface area (Å²) in [7, 11) is 0. The summed E-state index contributed by atoms with van der Waals surface area (Å²) < 4.78 is 54.3. The highest BCUT2D eigenvalue weighted by atomic mass is 19.4. The van der Waals surface area contributed by atoms with Crippen LogP contribution in [0.4, 0.5) is 17.6 Å². The van der Waals surface area contributed by atoms with Gasteiger partial charge in [-0.1, -0.05) is 42.5 Å². The van der Waals surface area contributed by atoms with Crippen LogP contribution in [0.2, 0.25) is 0 Å². The van der Waals surface area contributed by atoms with Crippen molar-refractivity contribution < 1.29 is 17.6 Å². The minimum absolute atomic E-state index is 0.0785. The molecule has 2 atom stereocenters. The SMILES string of the molecule is Fc1ccc(C2CCN(CC3CN(Cc4ccccc4)CC3C(F)(F)F)CC2)cc1. The predicted molar refractivity (Wildman–Crippen MR) is 110 cm³/mol. The van der Waals surface area contributed by atoms with E-state index in [1.807, 2.05) is 47.4 Å². The van der Waals surface area contributed by atoms with Crippen LogP contribution in [-0.4, -0.2) is 48.7 Å². The van der Waals surface area contributed by atoms with Crippen molar-refractivity contribution in [3.63, 3.8) is 0 Å². The van der Waals surface area contributed by atoms with Crippen molar-refractivity contribution in [2.45, 2.75) is 31.5 Å². The van der Waals surface area contributed by atoms with Crippen LogP contribution in [0.3, 0.4) is 0 Å². The molecule has 0 N–H and O–H groups in total. The van der Waals surface area contributed by atoms with Crippen LogP contribution in [0.5, 0.6) is 0 Å². The Labute approximate surface area is 175 Å². The Kier molecular flexibility index (Phi) is 6.44. The minimum atomic E-state index is -4.16. The van der Waals surface area contributed by atoms with Gasteiger partial charge in [-0.15, -0.1) is 0 Å². The average Bonchev–Trinajstić information content (AvgIpc) is 3.13. The second-order valence-corrected chi connectivity index (χ2v) is 8.71. The monoisotopic (exact) mass is 420 g/mol. The van der Waals surface area contributed by atoms with Gasteiger partial charge in [0.05, 0.1) is 5.92 Å². The summed E-state index contributed by atoms with van der Waals surface area (Å²) in [6.07, 6.45) is -2.35. The molecule has 2 aromatic rings. The van der Waals surface area contributed by atoms with Crippen molar-refractivity contribution in [2.24, 2.45) is 11.8 Å². The van der Waals surface area contributed by atoms with E-state index in [1.54, 1.807) is 0 Å². The molecule has 162 valence electrons. The fourth-order valence-electron chi connectivity index (χ4n) is 5.00. The summed E-state index contributed by atoms with van der Waals surface area (Å²) in [5.41, 5.74) is 2.18. The molecule has 30 heavy (non-hydrogen) atoms. The third kappa shape index (κ3) is 5.22. The van der Waals surface area contributed by atoms with Gasteiger partial charge in [0, 0.05) is 26.2 Å². The molecule has 2 unspecified atom stereocenters. The maximum Gasteiger partial charge on any atom is 0.393 e. The van der Waals surface area contributed by atoms with Gasteiger partial charge < -0.3 is 4.90 Å². The smallest absolute Gasteiger partial charge is 0.303 e. The summed E-state index contributed by atoms with van der Waals surface area (Å²) in [5, 5.41) is 0. The molecule has 2 nitrogen and oxygen atoms in total. The lowest BCUT2D eigenvalue weighted by Gasteiger charge is -2.35. The van der Waals surface area contributed by atoms with Crippen LogP contribution in [0, 0.1) is 17.7 Å².